The quantitative estimate of drug-likeness (QED) is 0.753. The summed E-state index contributed by atoms with van der Waals surface area (Å²) >= 11 is 1.33. The Morgan fingerprint density at radius 1 is 1.45 bits per heavy atom. The summed E-state index contributed by atoms with van der Waals surface area (Å²) in [4.78, 5) is 27.4. The van der Waals surface area contributed by atoms with Crippen LogP contribution in [0.25, 0.3) is 0 Å². The SMILES string of the molecule is CC(=O)SCC1CC(=O)N(CC(C)N2CCOCC2)C1. The normalized spacial score (nSPS) is 26.0. The van der Waals surface area contributed by atoms with Gasteiger partial charge in [0.1, 0.15) is 0 Å². The first-order valence-electron chi connectivity index (χ1n) is 7.29. The van der Waals surface area contributed by atoms with Gasteiger partial charge >= 0.3 is 0 Å². The number of carbonyl (C=O) groups excluding carboxylic acids is 2. The molecule has 2 saturated heterocycles. The third kappa shape index (κ3) is 4.46. The highest BCUT2D eigenvalue weighted by molar-refractivity contribution is 8.13. The van der Waals surface area contributed by atoms with Crippen molar-refractivity contribution in [2.45, 2.75) is 26.3 Å². The summed E-state index contributed by atoms with van der Waals surface area (Å²) in [6.07, 6.45) is 0.593. The molecule has 0 aromatic carbocycles. The van der Waals surface area contributed by atoms with Crippen molar-refractivity contribution in [2.24, 2.45) is 5.92 Å². The highest BCUT2D eigenvalue weighted by Gasteiger charge is 2.31. The molecular weight excluding hydrogens is 276 g/mol. The number of likely N-dealkylation sites (tertiary alicyclic amines) is 1. The van der Waals surface area contributed by atoms with Crippen molar-refractivity contribution in [1.82, 2.24) is 9.80 Å². The van der Waals surface area contributed by atoms with Crippen LogP contribution in [0.15, 0.2) is 0 Å². The second-order valence-corrected chi connectivity index (χ2v) is 6.87. The summed E-state index contributed by atoms with van der Waals surface area (Å²) in [6.45, 7) is 8.83. The van der Waals surface area contributed by atoms with Crippen LogP contribution in [0.5, 0.6) is 0 Å². The average Bonchev–Trinajstić information content (AvgIpc) is 2.78. The first-order valence-corrected chi connectivity index (χ1v) is 8.27. The smallest absolute Gasteiger partial charge is 0.223 e. The fourth-order valence-electron chi connectivity index (χ4n) is 2.83. The Morgan fingerprint density at radius 3 is 2.80 bits per heavy atom. The van der Waals surface area contributed by atoms with E-state index in [2.05, 4.69) is 11.8 Å². The molecule has 2 aliphatic rings. The second kappa shape index (κ2) is 7.43. The third-order valence-corrected chi connectivity index (χ3v) is 5.02. The molecule has 0 saturated carbocycles. The molecule has 2 atom stereocenters. The van der Waals surface area contributed by atoms with Crippen LogP contribution in [-0.2, 0) is 14.3 Å². The molecule has 0 aromatic heterocycles. The molecule has 0 aliphatic carbocycles. The zero-order valence-corrected chi connectivity index (χ0v) is 13.2. The third-order valence-electron chi connectivity index (χ3n) is 3.97. The molecule has 1 amide bonds. The number of carbonyl (C=O) groups is 2. The molecule has 6 heteroatoms. The predicted octanol–water partition coefficient (Wildman–Crippen LogP) is 0.835. The molecule has 0 N–H and O–H groups in total. The number of rotatable bonds is 5. The van der Waals surface area contributed by atoms with E-state index in [0.717, 1.165) is 45.1 Å². The van der Waals surface area contributed by atoms with Crippen LogP contribution in [0, 0.1) is 5.92 Å². The maximum absolute atomic E-state index is 12.0. The highest BCUT2D eigenvalue weighted by atomic mass is 32.2. The zero-order chi connectivity index (χ0) is 14.5. The van der Waals surface area contributed by atoms with E-state index in [1.165, 1.54) is 11.8 Å². The van der Waals surface area contributed by atoms with Crippen molar-refractivity contribution in [2.75, 3.05) is 45.1 Å². The van der Waals surface area contributed by atoms with E-state index in [0.29, 0.717) is 18.4 Å². The first kappa shape index (κ1) is 15.8. The van der Waals surface area contributed by atoms with E-state index in [9.17, 15) is 9.59 Å². The van der Waals surface area contributed by atoms with Crippen molar-refractivity contribution in [3.63, 3.8) is 0 Å². The van der Waals surface area contributed by atoms with Crippen LogP contribution < -0.4 is 0 Å². The molecular formula is C14H24N2O3S. The highest BCUT2D eigenvalue weighted by Crippen LogP contribution is 2.23. The van der Waals surface area contributed by atoms with Crippen LogP contribution in [0.4, 0.5) is 0 Å². The maximum atomic E-state index is 12.0. The molecule has 2 rings (SSSR count). The lowest BCUT2D eigenvalue weighted by molar-refractivity contribution is -0.128. The van der Waals surface area contributed by atoms with Gasteiger partial charge in [0, 0.05) is 51.3 Å². The van der Waals surface area contributed by atoms with Crippen LogP contribution >= 0.6 is 11.8 Å². The van der Waals surface area contributed by atoms with Gasteiger partial charge in [-0.1, -0.05) is 11.8 Å². The van der Waals surface area contributed by atoms with E-state index in [1.807, 2.05) is 4.90 Å². The minimum absolute atomic E-state index is 0.137. The molecule has 0 aromatic rings. The lowest BCUT2D eigenvalue weighted by Crippen LogP contribution is -2.47. The van der Waals surface area contributed by atoms with Crippen molar-refractivity contribution >= 4 is 22.8 Å². The summed E-state index contributed by atoms with van der Waals surface area (Å²) in [7, 11) is 0. The monoisotopic (exact) mass is 300 g/mol. The second-order valence-electron chi connectivity index (χ2n) is 5.67. The predicted molar refractivity (Wildman–Crippen MR) is 79.7 cm³/mol. The van der Waals surface area contributed by atoms with E-state index >= 15 is 0 Å². The van der Waals surface area contributed by atoms with E-state index in [-0.39, 0.29) is 11.0 Å². The summed E-state index contributed by atoms with van der Waals surface area (Å²) in [5.41, 5.74) is 0. The van der Waals surface area contributed by atoms with Gasteiger partial charge in [0.25, 0.3) is 0 Å². The standard InChI is InChI=1S/C14H24N2O3S/c1-11(15-3-5-19-6-4-15)8-16-9-13(7-14(16)18)10-20-12(2)17/h11,13H,3-10H2,1-2H3. The van der Waals surface area contributed by atoms with Gasteiger partial charge in [-0.2, -0.15) is 0 Å². The van der Waals surface area contributed by atoms with Gasteiger partial charge in [-0.05, 0) is 12.8 Å². The number of ether oxygens (including phenoxy) is 1. The fraction of sp³-hybridized carbons (Fsp3) is 0.857. The Balaban J connectivity index is 1.77. The van der Waals surface area contributed by atoms with Crippen molar-refractivity contribution in [1.29, 1.82) is 0 Å². The van der Waals surface area contributed by atoms with Crippen LogP contribution in [0.1, 0.15) is 20.3 Å². The molecule has 2 fully saturated rings. The van der Waals surface area contributed by atoms with Crippen LogP contribution in [0.3, 0.4) is 0 Å². The van der Waals surface area contributed by atoms with Crippen molar-refractivity contribution < 1.29 is 14.3 Å². The minimum atomic E-state index is 0.137. The van der Waals surface area contributed by atoms with Gasteiger partial charge < -0.3 is 9.64 Å². The molecule has 0 bridgehead atoms. The number of amides is 1. The van der Waals surface area contributed by atoms with Gasteiger partial charge in [-0.25, -0.2) is 0 Å². The van der Waals surface area contributed by atoms with Gasteiger partial charge in [0.2, 0.25) is 5.91 Å². The van der Waals surface area contributed by atoms with Gasteiger partial charge in [-0.3, -0.25) is 14.5 Å². The van der Waals surface area contributed by atoms with E-state index in [4.69, 9.17) is 4.74 Å². The molecule has 2 aliphatic heterocycles. The van der Waals surface area contributed by atoms with Gasteiger partial charge in [-0.15, -0.1) is 0 Å². The summed E-state index contributed by atoms with van der Waals surface area (Å²) in [5, 5.41) is 0.137. The first-order chi connectivity index (χ1) is 9.56. The topological polar surface area (TPSA) is 49.9 Å². The van der Waals surface area contributed by atoms with E-state index in [1.54, 1.807) is 6.92 Å². The Morgan fingerprint density at radius 2 is 2.15 bits per heavy atom. The lowest BCUT2D eigenvalue weighted by atomic mass is 10.1. The molecule has 0 spiro atoms. The average molecular weight is 300 g/mol. The molecule has 20 heavy (non-hydrogen) atoms. The Bertz CT molecular complexity index is 358. The molecule has 5 nitrogen and oxygen atoms in total. The molecule has 2 unspecified atom stereocenters. The molecule has 114 valence electrons. The lowest BCUT2D eigenvalue weighted by Gasteiger charge is -2.34. The molecule has 0 radical (unpaired) electrons. The Kier molecular flexibility index (Phi) is 5.86. The van der Waals surface area contributed by atoms with Gasteiger partial charge in [0.15, 0.2) is 5.12 Å². The maximum Gasteiger partial charge on any atom is 0.223 e. The zero-order valence-electron chi connectivity index (χ0n) is 12.3. The number of nitrogens with zero attached hydrogens (tertiary/aromatic N) is 2. The van der Waals surface area contributed by atoms with Crippen LogP contribution in [0.2, 0.25) is 0 Å². The summed E-state index contributed by atoms with van der Waals surface area (Å²) in [5.74, 6) is 1.33. The summed E-state index contributed by atoms with van der Waals surface area (Å²) in [6, 6.07) is 0.377. The fourth-order valence-corrected chi connectivity index (χ4v) is 3.52. The Labute approximate surface area is 125 Å². The number of morpholine rings is 1. The number of hydrogen-bond donors (Lipinski definition) is 0. The Hall–Kier alpha value is -0.590. The van der Waals surface area contributed by atoms with Gasteiger partial charge in [0.05, 0.1) is 13.2 Å². The largest absolute Gasteiger partial charge is 0.379 e. The van der Waals surface area contributed by atoms with Crippen molar-refractivity contribution in [3.8, 4) is 0 Å². The number of hydrogen-bond acceptors (Lipinski definition) is 5. The van der Waals surface area contributed by atoms with Crippen LogP contribution in [-0.4, -0.2) is 72.0 Å². The minimum Gasteiger partial charge on any atom is -0.379 e. The number of thioether (sulfide) groups is 1. The van der Waals surface area contributed by atoms with E-state index < -0.39 is 0 Å². The summed E-state index contributed by atoms with van der Waals surface area (Å²) < 4.78 is 5.36. The molecule has 2 heterocycles. The van der Waals surface area contributed by atoms with Crippen molar-refractivity contribution in [3.05, 3.63) is 0 Å².